The van der Waals surface area contributed by atoms with E-state index in [4.69, 9.17) is 9.47 Å². The molecule has 0 spiro atoms. The Hall–Kier alpha value is -1.84. The van der Waals surface area contributed by atoms with Gasteiger partial charge in [-0.15, -0.1) is 0 Å². The fourth-order valence-corrected chi connectivity index (χ4v) is 1.26. The average molecular weight is 250 g/mol. The molecule has 0 unspecified atom stereocenters. The molecule has 0 aromatic heterocycles. The molecule has 98 valence electrons. The van der Waals surface area contributed by atoms with Gasteiger partial charge >= 0.3 is 11.9 Å². The van der Waals surface area contributed by atoms with Gasteiger partial charge in [0.25, 0.3) is 0 Å². The van der Waals surface area contributed by atoms with Crippen LogP contribution in [0.4, 0.5) is 0 Å². The fourth-order valence-electron chi connectivity index (χ4n) is 1.26. The van der Waals surface area contributed by atoms with Gasteiger partial charge in [0.2, 0.25) is 0 Å². The Bertz CT molecular complexity index is 409. The molecule has 0 N–H and O–H groups in total. The Morgan fingerprint density at radius 3 is 2.28 bits per heavy atom. The normalized spacial score (nSPS) is 10.8. The highest BCUT2D eigenvalue weighted by atomic mass is 16.5. The summed E-state index contributed by atoms with van der Waals surface area (Å²) in [5, 5.41) is 0. The molecule has 0 saturated heterocycles. The third-order valence-corrected chi connectivity index (χ3v) is 2.40. The van der Waals surface area contributed by atoms with Crippen molar-refractivity contribution in [3.63, 3.8) is 0 Å². The monoisotopic (exact) mass is 250 g/mol. The van der Waals surface area contributed by atoms with Crippen molar-refractivity contribution in [2.75, 3.05) is 6.61 Å². The summed E-state index contributed by atoms with van der Waals surface area (Å²) in [6.07, 6.45) is 0. The summed E-state index contributed by atoms with van der Waals surface area (Å²) in [4.78, 5) is 22.6. The van der Waals surface area contributed by atoms with Gasteiger partial charge in [0, 0.05) is 6.92 Å². The van der Waals surface area contributed by atoms with Gasteiger partial charge in [-0.25, -0.2) is 0 Å². The average Bonchev–Trinajstić information content (AvgIpc) is 2.35. The Kier molecular flexibility index (Phi) is 4.89. The standard InChI is InChI=1S/C14H18O4/c1-11(15)18-10-14(2,3)13(16)17-9-12-7-5-4-6-8-12/h4-8H,9-10H2,1-3H3. The zero-order valence-corrected chi connectivity index (χ0v) is 10.9. The predicted octanol–water partition coefficient (Wildman–Crippen LogP) is 2.32. The first kappa shape index (κ1) is 14.2. The van der Waals surface area contributed by atoms with Crippen molar-refractivity contribution in [3.8, 4) is 0 Å². The van der Waals surface area contributed by atoms with Gasteiger partial charge in [0.1, 0.15) is 13.2 Å². The van der Waals surface area contributed by atoms with Crippen LogP contribution in [-0.2, 0) is 25.7 Å². The minimum absolute atomic E-state index is 0.0238. The van der Waals surface area contributed by atoms with E-state index in [0.29, 0.717) is 0 Å². The minimum atomic E-state index is -0.833. The van der Waals surface area contributed by atoms with Crippen LogP contribution < -0.4 is 0 Å². The summed E-state index contributed by atoms with van der Waals surface area (Å²) < 4.78 is 10.0. The number of esters is 2. The Morgan fingerprint density at radius 2 is 1.72 bits per heavy atom. The van der Waals surface area contributed by atoms with Gasteiger partial charge in [0.15, 0.2) is 0 Å². The minimum Gasteiger partial charge on any atom is -0.465 e. The van der Waals surface area contributed by atoms with Crippen LogP contribution in [0.1, 0.15) is 26.3 Å². The van der Waals surface area contributed by atoms with Crippen LogP contribution in [0, 0.1) is 5.41 Å². The third kappa shape index (κ3) is 4.57. The molecule has 0 radical (unpaired) electrons. The predicted molar refractivity (Wildman–Crippen MR) is 66.7 cm³/mol. The van der Waals surface area contributed by atoms with E-state index in [1.54, 1.807) is 13.8 Å². The molecular weight excluding hydrogens is 232 g/mol. The first-order valence-corrected chi connectivity index (χ1v) is 5.76. The molecule has 4 nitrogen and oxygen atoms in total. The number of carbonyl (C=O) groups excluding carboxylic acids is 2. The molecule has 0 heterocycles. The summed E-state index contributed by atoms with van der Waals surface area (Å²) in [7, 11) is 0. The number of hydrogen-bond donors (Lipinski definition) is 0. The smallest absolute Gasteiger partial charge is 0.315 e. The third-order valence-electron chi connectivity index (χ3n) is 2.40. The molecule has 4 heteroatoms. The summed E-state index contributed by atoms with van der Waals surface area (Å²) in [6.45, 7) is 4.93. The van der Waals surface area contributed by atoms with Crippen LogP contribution in [0.25, 0.3) is 0 Å². The second-order valence-corrected chi connectivity index (χ2v) is 4.73. The van der Waals surface area contributed by atoms with E-state index in [1.165, 1.54) is 6.92 Å². The highest BCUT2D eigenvalue weighted by Gasteiger charge is 2.30. The van der Waals surface area contributed by atoms with Gasteiger partial charge in [-0.2, -0.15) is 0 Å². The molecule has 0 fully saturated rings. The van der Waals surface area contributed by atoms with Crippen molar-refractivity contribution in [2.24, 2.45) is 5.41 Å². The van der Waals surface area contributed by atoms with Gasteiger partial charge in [-0.05, 0) is 19.4 Å². The quantitative estimate of drug-likeness (QED) is 0.752. The van der Waals surface area contributed by atoms with Crippen molar-refractivity contribution in [3.05, 3.63) is 35.9 Å². The van der Waals surface area contributed by atoms with E-state index >= 15 is 0 Å². The van der Waals surface area contributed by atoms with Crippen LogP contribution in [0.15, 0.2) is 30.3 Å². The number of ether oxygens (including phenoxy) is 2. The topological polar surface area (TPSA) is 52.6 Å². The van der Waals surface area contributed by atoms with Crippen LogP contribution in [0.3, 0.4) is 0 Å². The first-order chi connectivity index (χ1) is 8.42. The molecule has 1 rings (SSSR count). The molecule has 1 aromatic carbocycles. The maximum absolute atomic E-state index is 11.8. The van der Waals surface area contributed by atoms with Crippen molar-refractivity contribution in [1.82, 2.24) is 0 Å². The molecule has 0 saturated carbocycles. The van der Waals surface area contributed by atoms with Crippen LogP contribution in [-0.4, -0.2) is 18.5 Å². The van der Waals surface area contributed by atoms with Gasteiger partial charge in [-0.1, -0.05) is 30.3 Å². The largest absolute Gasteiger partial charge is 0.465 e. The molecule has 1 aromatic rings. The maximum atomic E-state index is 11.8. The highest BCUT2D eigenvalue weighted by Crippen LogP contribution is 2.18. The Labute approximate surface area is 107 Å². The second-order valence-electron chi connectivity index (χ2n) is 4.73. The van der Waals surface area contributed by atoms with Crippen molar-refractivity contribution >= 4 is 11.9 Å². The summed E-state index contributed by atoms with van der Waals surface area (Å²) in [5.41, 5.74) is 0.0922. The lowest BCUT2D eigenvalue weighted by Crippen LogP contribution is -2.32. The van der Waals surface area contributed by atoms with E-state index in [2.05, 4.69) is 0 Å². The SMILES string of the molecule is CC(=O)OCC(C)(C)C(=O)OCc1ccccc1. The maximum Gasteiger partial charge on any atom is 0.315 e. The summed E-state index contributed by atoms with van der Waals surface area (Å²) in [5.74, 6) is -0.786. The molecule has 0 aliphatic carbocycles. The van der Waals surface area contributed by atoms with Gasteiger partial charge in [0.05, 0.1) is 5.41 Å². The van der Waals surface area contributed by atoms with E-state index in [1.807, 2.05) is 30.3 Å². The second kappa shape index (κ2) is 6.19. The lowest BCUT2D eigenvalue weighted by molar-refractivity contribution is -0.161. The summed E-state index contributed by atoms with van der Waals surface area (Å²) >= 11 is 0. The van der Waals surface area contributed by atoms with Crippen LogP contribution >= 0.6 is 0 Å². The van der Waals surface area contributed by atoms with E-state index in [-0.39, 0.29) is 19.2 Å². The molecule has 0 aliphatic rings. The number of carbonyl (C=O) groups is 2. The molecule has 0 aliphatic heterocycles. The zero-order chi connectivity index (χ0) is 13.6. The number of hydrogen-bond acceptors (Lipinski definition) is 4. The van der Waals surface area contributed by atoms with Crippen LogP contribution in [0.5, 0.6) is 0 Å². The van der Waals surface area contributed by atoms with Crippen molar-refractivity contribution < 1.29 is 19.1 Å². The van der Waals surface area contributed by atoms with Crippen LogP contribution in [0.2, 0.25) is 0 Å². The molecule has 18 heavy (non-hydrogen) atoms. The lowest BCUT2D eigenvalue weighted by atomic mass is 9.95. The molecule has 0 atom stereocenters. The summed E-state index contributed by atoms with van der Waals surface area (Å²) in [6, 6.07) is 9.43. The number of benzene rings is 1. The van der Waals surface area contributed by atoms with E-state index < -0.39 is 11.4 Å². The Morgan fingerprint density at radius 1 is 1.11 bits per heavy atom. The highest BCUT2D eigenvalue weighted by molar-refractivity contribution is 5.76. The van der Waals surface area contributed by atoms with Gasteiger partial charge in [-0.3, -0.25) is 9.59 Å². The van der Waals surface area contributed by atoms with E-state index in [0.717, 1.165) is 5.56 Å². The van der Waals surface area contributed by atoms with Crippen molar-refractivity contribution in [2.45, 2.75) is 27.4 Å². The lowest BCUT2D eigenvalue weighted by Gasteiger charge is -2.21. The Balaban J connectivity index is 2.46. The first-order valence-electron chi connectivity index (χ1n) is 5.76. The number of rotatable bonds is 5. The van der Waals surface area contributed by atoms with E-state index in [9.17, 15) is 9.59 Å². The van der Waals surface area contributed by atoms with Gasteiger partial charge < -0.3 is 9.47 Å². The zero-order valence-electron chi connectivity index (χ0n) is 10.9. The molecule has 0 bridgehead atoms. The molecule has 0 amide bonds. The fraction of sp³-hybridized carbons (Fsp3) is 0.429. The molecular formula is C14H18O4. The van der Waals surface area contributed by atoms with Crippen molar-refractivity contribution in [1.29, 1.82) is 0 Å².